The zero-order chi connectivity index (χ0) is 39.4. The third-order valence-electron chi connectivity index (χ3n) is 7.94. The van der Waals surface area contributed by atoms with Gasteiger partial charge in [-0.15, -0.1) is 0 Å². The Labute approximate surface area is 329 Å². The molecule has 6 heteroatoms. The first kappa shape index (κ1) is 49.6. The topological polar surface area (TPSA) is 95.5 Å². The Bertz CT molecular complexity index is 1270. The van der Waals surface area contributed by atoms with Gasteiger partial charge in [0.1, 0.15) is 6.04 Å². The highest BCUT2D eigenvalue weighted by Gasteiger charge is 2.18. The Balaban J connectivity index is 3.89. The molecule has 6 nitrogen and oxygen atoms in total. The molecule has 0 bridgehead atoms. The second kappa shape index (κ2) is 41.3. The van der Waals surface area contributed by atoms with E-state index in [2.05, 4.69) is 146 Å². The Morgan fingerprint density at radius 2 is 0.815 bits per heavy atom. The number of unbranched alkanes of at least 4 members (excludes halogenated alkanes) is 2. The van der Waals surface area contributed by atoms with Gasteiger partial charge in [0.25, 0.3) is 0 Å². The second-order valence-electron chi connectivity index (χ2n) is 12.9. The average molecular weight is 741 g/mol. The number of rotatable bonds is 34. The molecule has 0 aromatic carbocycles. The van der Waals surface area contributed by atoms with Gasteiger partial charge in [0.15, 0.2) is 0 Å². The van der Waals surface area contributed by atoms with Gasteiger partial charge in [0, 0.05) is 19.4 Å². The van der Waals surface area contributed by atoms with Crippen LogP contribution in [0.1, 0.15) is 136 Å². The summed E-state index contributed by atoms with van der Waals surface area (Å²) in [6, 6.07) is -0.915. The number of carbonyl (C=O) groups is 3. The minimum atomic E-state index is -1.03. The van der Waals surface area contributed by atoms with Crippen LogP contribution in [0.3, 0.4) is 0 Å². The maximum atomic E-state index is 12.3. The van der Waals surface area contributed by atoms with Gasteiger partial charge in [-0.2, -0.15) is 0 Å². The van der Waals surface area contributed by atoms with Gasteiger partial charge in [0.05, 0.1) is 0 Å². The summed E-state index contributed by atoms with van der Waals surface area (Å²) < 4.78 is 0. The molecule has 0 aromatic rings. The number of aliphatic carboxylic acids is 1. The third kappa shape index (κ3) is 38.8. The SMILES string of the molecule is CCC=CCC=CCC=CCC=CCC=CCC=CCCC(=O)NC(CCCCNC(=O)CCCC=CCC=CCC=CCC=CCC=CCC)C(=O)O. The fourth-order valence-corrected chi connectivity index (χ4v) is 4.92. The monoisotopic (exact) mass is 741 g/mol. The molecule has 2 amide bonds. The van der Waals surface area contributed by atoms with Crippen molar-refractivity contribution >= 4 is 17.8 Å². The smallest absolute Gasteiger partial charge is 0.326 e. The van der Waals surface area contributed by atoms with Crippen LogP contribution in [-0.4, -0.2) is 35.5 Å². The van der Waals surface area contributed by atoms with Crippen LogP contribution in [-0.2, 0) is 14.4 Å². The molecule has 0 rings (SSSR count). The van der Waals surface area contributed by atoms with E-state index >= 15 is 0 Å². The molecule has 0 heterocycles. The fraction of sp³-hybridized carbons (Fsp3) is 0.479. The first-order valence-electron chi connectivity index (χ1n) is 20.4. The normalized spacial score (nSPS) is 13.5. The first-order chi connectivity index (χ1) is 26.5. The van der Waals surface area contributed by atoms with Crippen molar-refractivity contribution in [1.29, 1.82) is 0 Å². The summed E-state index contributed by atoms with van der Waals surface area (Å²) in [4.78, 5) is 36.1. The van der Waals surface area contributed by atoms with Crippen molar-refractivity contribution in [1.82, 2.24) is 10.6 Å². The van der Waals surface area contributed by atoms with Crippen LogP contribution in [0.5, 0.6) is 0 Å². The van der Waals surface area contributed by atoms with Crippen molar-refractivity contribution in [3.63, 3.8) is 0 Å². The maximum Gasteiger partial charge on any atom is 0.326 e. The highest BCUT2D eigenvalue weighted by Crippen LogP contribution is 2.05. The summed E-state index contributed by atoms with van der Waals surface area (Å²) in [5, 5.41) is 15.1. The van der Waals surface area contributed by atoms with E-state index in [9.17, 15) is 19.5 Å². The summed E-state index contributed by atoms with van der Waals surface area (Å²) in [5.74, 6) is -1.28. The number of hydrogen-bond acceptors (Lipinski definition) is 3. The maximum absolute atomic E-state index is 12.3. The molecule has 298 valence electrons. The molecular weight excluding hydrogens is 669 g/mol. The average Bonchev–Trinajstić information content (AvgIpc) is 3.16. The standard InChI is InChI=1S/C48H72N2O4/c1-3-5-7-9-11-13-15-17-19-21-22-24-26-28-30-32-34-36-38-43-47(52)50-45(48(53)54)41-39-40-44-49-46(51)42-37-35-33-31-29-27-25-23-20-18-16-14-12-10-8-6-4-2/h5-8,11-14,17-20,22,24-25,27-28,30-31,33-34,36,45H,3-4,9-10,15-16,21,23,26,29,32,35,37-44H2,1-2H3,(H,49,51)(H,50,52)(H,53,54). The largest absolute Gasteiger partial charge is 0.480 e. The molecule has 0 aromatic heterocycles. The lowest BCUT2D eigenvalue weighted by molar-refractivity contribution is -0.142. The molecule has 0 saturated heterocycles. The highest BCUT2D eigenvalue weighted by atomic mass is 16.4. The number of hydrogen-bond donors (Lipinski definition) is 3. The fourth-order valence-electron chi connectivity index (χ4n) is 4.92. The lowest BCUT2D eigenvalue weighted by Crippen LogP contribution is -2.40. The van der Waals surface area contributed by atoms with Crippen LogP contribution < -0.4 is 10.6 Å². The zero-order valence-electron chi connectivity index (χ0n) is 33.6. The molecule has 1 atom stereocenters. The van der Waals surface area contributed by atoms with Crippen molar-refractivity contribution in [3.05, 3.63) is 134 Å². The van der Waals surface area contributed by atoms with Gasteiger partial charge in [-0.05, 0) is 109 Å². The van der Waals surface area contributed by atoms with Crippen LogP contribution in [0.25, 0.3) is 0 Å². The van der Waals surface area contributed by atoms with Crippen molar-refractivity contribution in [2.45, 2.75) is 142 Å². The molecule has 3 N–H and O–H groups in total. The molecule has 1 unspecified atom stereocenters. The van der Waals surface area contributed by atoms with Gasteiger partial charge in [-0.25, -0.2) is 4.79 Å². The predicted octanol–water partition coefficient (Wildman–Crippen LogP) is 12.2. The Morgan fingerprint density at radius 1 is 0.444 bits per heavy atom. The number of carboxylic acid groups (broad SMARTS) is 1. The number of nitrogens with one attached hydrogen (secondary N) is 2. The molecule has 0 aliphatic rings. The van der Waals surface area contributed by atoms with Gasteiger partial charge in [-0.3, -0.25) is 9.59 Å². The molecule has 0 aliphatic heterocycles. The van der Waals surface area contributed by atoms with E-state index < -0.39 is 12.0 Å². The van der Waals surface area contributed by atoms with E-state index in [4.69, 9.17) is 0 Å². The van der Waals surface area contributed by atoms with E-state index in [1.807, 2.05) is 12.2 Å². The molecule has 54 heavy (non-hydrogen) atoms. The van der Waals surface area contributed by atoms with Crippen LogP contribution in [0, 0.1) is 0 Å². The second-order valence-corrected chi connectivity index (χ2v) is 12.9. The van der Waals surface area contributed by atoms with E-state index in [1.54, 1.807) is 0 Å². The number of carbonyl (C=O) groups excluding carboxylic acids is 2. The highest BCUT2D eigenvalue weighted by molar-refractivity contribution is 5.83. The van der Waals surface area contributed by atoms with Gasteiger partial charge >= 0.3 is 5.97 Å². The van der Waals surface area contributed by atoms with Gasteiger partial charge in [0.2, 0.25) is 11.8 Å². The van der Waals surface area contributed by atoms with Crippen molar-refractivity contribution in [2.75, 3.05) is 6.54 Å². The third-order valence-corrected chi connectivity index (χ3v) is 7.94. The van der Waals surface area contributed by atoms with Gasteiger partial charge < -0.3 is 15.7 Å². The van der Waals surface area contributed by atoms with Gasteiger partial charge in [-0.1, -0.05) is 148 Å². The summed E-state index contributed by atoms with van der Waals surface area (Å²) in [6.07, 6.45) is 62.5. The quantitative estimate of drug-likeness (QED) is 0.0452. The number of amides is 2. The number of allylic oxidation sites excluding steroid dienone is 22. The van der Waals surface area contributed by atoms with Crippen LogP contribution in [0.2, 0.25) is 0 Å². The summed E-state index contributed by atoms with van der Waals surface area (Å²) in [5.41, 5.74) is 0. The molecule has 0 radical (unpaired) electrons. The Hall–Kier alpha value is -4.45. The van der Waals surface area contributed by atoms with Crippen molar-refractivity contribution in [3.8, 4) is 0 Å². The Kier molecular flexibility index (Phi) is 37.9. The summed E-state index contributed by atoms with van der Waals surface area (Å²) >= 11 is 0. The molecule has 0 aliphatic carbocycles. The number of carboxylic acids is 1. The van der Waals surface area contributed by atoms with E-state index in [1.165, 1.54) is 0 Å². The zero-order valence-corrected chi connectivity index (χ0v) is 33.6. The van der Waals surface area contributed by atoms with Crippen molar-refractivity contribution < 1.29 is 19.5 Å². The van der Waals surface area contributed by atoms with E-state index in [0.29, 0.717) is 38.6 Å². The molecule has 0 saturated carbocycles. The Morgan fingerprint density at radius 3 is 1.20 bits per heavy atom. The minimum absolute atomic E-state index is 0.0137. The van der Waals surface area contributed by atoms with E-state index in [-0.39, 0.29) is 18.2 Å². The van der Waals surface area contributed by atoms with Crippen molar-refractivity contribution in [2.24, 2.45) is 0 Å². The minimum Gasteiger partial charge on any atom is -0.480 e. The van der Waals surface area contributed by atoms with Crippen LogP contribution in [0.15, 0.2) is 134 Å². The van der Waals surface area contributed by atoms with Crippen LogP contribution >= 0.6 is 0 Å². The lowest BCUT2D eigenvalue weighted by Gasteiger charge is -2.14. The molecular formula is C48H72N2O4. The van der Waals surface area contributed by atoms with E-state index in [0.717, 1.165) is 83.5 Å². The lowest BCUT2D eigenvalue weighted by atomic mass is 10.1. The summed E-state index contributed by atoms with van der Waals surface area (Å²) in [7, 11) is 0. The first-order valence-corrected chi connectivity index (χ1v) is 20.4. The molecule has 0 spiro atoms. The summed E-state index contributed by atoms with van der Waals surface area (Å²) in [6.45, 7) is 4.79. The van der Waals surface area contributed by atoms with Crippen LogP contribution in [0.4, 0.5) is 0 Å². The predicted molar refractivity (Wildman–Crippen MR) is 232 cm³/mol. The molecule has 0 fully saturated rings.